The molecule has 1 atom stereocenters. The molecule has 1 amide bonds. The minimum atomic E-state index is -0.485. The Labute approximate surface area is 126 Å². The van der Waals surface area contributed by atoms with Crippen molar-refractivity contribution in [2.24, 2.45) is 0 Å². The molecule has 2 rings (SSSR count). The van der Waals surface area contributed by atoms with Gasteiger partial charge < -0.3 is 5.32 Å². The van der Waals surface area contributed by atoms with Gasteiger partial charge in [0.25, 0.3) is 5.91 Å². The van der Waals surface area contributed by atoms with Gasteiger partial charge in [0.2, 0.25) is 0 Å². The molecule has 0 aliphatic carbocycles. The summed E-state index contributed by atoms with van der Waals surface area (Å²) in [6, 6.07) is 10.9. The van der Waals surface area contributed by atoms with Gasteiger partial charge in [-0.2, -0.15) is 0 Å². The molecular formula is C15H12Cl2FNO. The van der Waals surface area contributed by atoms with Crippen molar-refractivity contribution in [3.8, 4) is 0 Å². The van der Waals surface area contributed by atoms with Gasteiger partial charge in [0.05, 0.1) is 16.0 Å². The summed E-state index contributed by atoms with van der Waals surface area (Å²) in [5, 5.41) is 2.57. The van der Waals surface area contributed by atoms with Gasteiger partial charge >= 0.3 is 0 Å². The first-order valence-electron chi connectivity index (χ1n) is 5.98. The topological polar surface area (TPSA) is 29.1 Å². The van der Waals surface area contributed by atoms with Gasteiger partial charge in [0.15, 0.2) is 0 Å². The zero-order chi connectivity index (χ0) is 14.7. The quantitative estimate of drug-likeness (QED) is 0.791. The third-order valence-corrected chi connectivity index (χ3v) is 3.36. The summed E-state index contributed by atoms with van der Waals surface area (Å²) in [5.41, 5.74) is 1.63. The number of rotatable bonds is 3. The maximum Gasteiger partial charge on any atom is 0.257 e. The van der Waals surface area contributed by atoms with Crippen LogP contribution in [0.3, 0.4) is 0 Å². The van der Waals surface area contributed by atoms with Crippen LogP contribution in [0.2, 0.25) is 5.02 Å². The van der Waals surface area contributed by atoms with Crippen LogP contribution in [0.1, 0.15) is 28.2 Å². The average Bonchev–Trinajstić information content (AvgIpc) is 2.38. The zero-order valence-electron chi connectivity index (χ0n) is 10.7. The molecule has 2 aromatic carbocycles. The van der Waals surface area contributed by atoms with Gasteiger partial charge in [-0.25, -0.2) is 4.39 Å². The van der Waals surface area contributed by atoms with Gasteiger partial charge in [-0.3, -0.25) is 4.79 Å². The summed E-state index contributed by atoms with van der Waals surface area (Å²) in [6.07, 6.45) is 0. The lowest BCUT2D eigenvalue weighted by atomic mass is 10.1. The smallest absolute Gasteiger partial charge is 0.257 e. The number of alkyl halides is 1. The van der Waals surface area contributed by atoms with Crippen molar-refractivity contribution >= 4 is 34.8 Å². The summed E-state index contributed by atoms with van der Waals surface area (Å²) in [4.78, 5) is 12.2. The minimum absolute atomic E-state index is 0.0684. The summed E-state index contributed by atoms with van der Waals surface area (Å²) in [7, 11) is 0. The molecule has 2 nitrogen and oxygen atoms in total. The van der Waals surface area contributed by atoms with Gasteiger partial charge in [-0.15, -0.1) is 11.6 Å². The van der Waals surface area contributed by atoms with E-state index in [0.717, 1.165) is 11.6 Å². The van der Waals surface area contributed by atoms with Gasteiger partial charge in [0, 0.05) is 5.69 Å². The Morgan fingerprint density at radius 2 is 1.95 bits per heavy atom. The number of para-hydroxylation sites is 1. The van der Waals surface area contributed by atoms with Crippen LogP contribution in [0.25, 0.3) is 0 Å². The van der Waals surface area contributed by atoms with E-state index in [1.54, 1.807) is 12.1 Å². The van der Waals surface area contributed by atoms with Crippen LogP contribution in [-0.4, -0.2) is 5.91 Å². The summed E-state index contributed by atoms with van der Waals surface area (Å²) in [5.74, 6) is -0.888. The number of hydrogen-bond acceptors (Lipinski definition) is 1. The molecule has 0 radical (unpaired) electrons. The zero-order valence-corrected chi connectivity index (χ0v) is 12.2. The SMILES string of the molecule is CC(Cl)c1ccccc1NC(=O)c1ccc(F)cc1Cl. The second-order valence-corrected chi connectivity index (χ2v) is 5.34. The number of hydrogen-bond donors (Lipinski definition) is 1. The molecule has 2 aromatic rings. The van der Waals surface area contributed by atoms with Crippen LogP contribution in [0, 0.1) is 5.82 Å². The largest absolute Gasteiger partial charge is 0.322 e. The second-order valence-electron chi connectivity index (χ2n) is 4.28. The highest BCUT2D eigenvalue weighted by molar-refractivity contribution is 6.34. The van der Waals surface area contributed by atoms with Crippen molar-refractivity contribution in [2.75, 3.05) is 5.32 Å². The lowest BCUT2D eigenvalue weighted by Crippen LogP contribution is -2.14. The van der Waals surface area contributed by atoms with Crippen LogP contribution in [0.5, 0.6) is 0 Å². The molecule has 1 N–H and O–H groups in total. The fourth-order valence-electron chi connectivity index (χ4n) is 1.82. The van der Waals surface area contributed by atoms with E-state index in [-0.39, 0.29) is 16.0 Å². The van der Waals surface area contributed by atoms with E-state index in [1.807, 2.05) is 19.1 Å². The van der Waals surface area contributed by atoms with E-state index >= 15 is 0 Å². The first kappa shape index (κ1) is 14.8. The maximum absolute atomic E-state index is 13.0. The highest BCUT2D eigenvalue weighted by Crippen LogP contribution is 2.28. The van der Waals surface area contributed by atoms with Gasteiger partial charge in [0.1, 0.15) is 5.82 Å². The van der Waals surface area contributed by atoms with Crippen molar-refractivity contribution in [1.82, 2.24) is 0 Å². The van der Waals surface area contributed by atoms with E-state index in [2.05, 4.69) is 5.32 Å². The number of anilines is 1. The van der Waals surface area contributed by atoms with Crippen molar-refractivity contribution in [3.05, 3.63) is 64.4 Å². The Balaban J connectivity index is 2.28. The first-order valence-corrected chi connectivity index (χ1v) is 6.80. The molecule has 0 spiro atoms. The van der Waals surface area contributed by atoms with Crippen molar-refractivity contribution in [1.29, 1.82) is 0 Å². The van der Waals surface area contributed by atoms with Crippen LogP contribution in [-0.2, 0) is 0 Å². The standard InChI is InChI=1S/C15H12Cl2FNO/c1-9(16)11-4-2-3-5-14(11)19-15(20)12-7-6-10(18)8-13(12)17/h2-9H,1H3,(H,19,20). The minimum Gasteiger partial charge on any atom is -0.322 e. The summed E-state index contributed by atoms with van der Waals surface area (Å²) < 4.78 is 13.0. The molecule has 1 unspecified atom stereocenters. The van der Waals surface area contributed by atoms with E-state index in [0.29, 0.717) is 5.69 Å². The Morgan fingerprint density at radius 3 is 2.60 bits per heavy atom. The fourth-order valence-corrected chi connectivity index (χ4v) is 2.26. The molecule has 0 aromatic heterocycles. The second kappa shape index (κ2) is 6.25. The van der Waals surface area contributed by atoms with Crippen LogP contribution < -0.4 is 5.32 Å². The van der Waals surface area contributed by atoms with Crippen molar-refractivity contribution < 1.29 is 9.18 Å². The number of carbonyl (C=O) groups is 1. The van der Waals surface area contributed by atoms with E-state index in [9.17, 15) is 9.18 Å². The molecule has 5 heteroatoms. The summed E-state index contributed by atoms with van der Waals surface area (Å²) in [6.45, 7) is 1.82. The summed E-state index contributed by atoms with van der Waals surface area (Å²) >= 11 is 11.9. The molecule has 0 heterocycles. The van der Waals surface area contributed by atoms with Gasteiger partial charge in [-0.05, 0) is 36.8 Å². The Morgan fingerprint density at radius 1 is 1.25 bits per heavy atom. The highest BCUT2D eigenvalue weighted by Gasteiger charge is 2.14. The van der Waals surface area contributed by atoms with Crippen molar-refractivity contribution in [3.63, 3.8) is 0 Å². The van der Waals surface area contributed by atoms with Gasteiger partial charge in [-0.1, -0.05) is 29.8 Å². The highest BCUT2D eigenvalue weighted by atomic mass is 35.5. The predicted octanol–water partition coefficient (Wildman–Crippen LogP) is 5.03. The van der Waals surface area contributed by atoms with Crippen LogP contribution in [0.15, 0.2) is 42.5 Å². The predicted molar refractivity (Wildman–Crippen MR) is 80.1 cm³/mol. The number of benzene rings is 2. The molecule has 0 fully saturated rings. The number of halogens is 3. The Kier molecular flexibility index (Phi) is 4.63. The first-order chi connectivity index (χ1) is 9.49. The van der Waals surface area contributed by atoms with Crippen molar-refractivity contribution in [2.45, 2.75) is 12.3 Å². The fraction of sp³-hybridized carbons (Fsp3) is 0.133. The lowest BCUT2D eigenvalue weighted by molar-refractivity contribution is 0.102. The van der Waals surface area contributed by atoms with E-state index in [4.69, 9.17) is 23.2 Å². The Bertz CT molecular complexity index is 644. The molecule has 0 aliphatic heterocycles. The maximum atomic E-state index is 13.0. The molecule has 0 saturated carbocycles. The molecular weight excluding hydrogens is 300 g/mol. The number of amides is 1. The number of carbonyl (C=O) groups excluding carboxylic acids is 1. The molecule has 0 bridgehead atoms. The normalized spacial score (nSPS) is 12.0. The third kappa shape index (κ3) is 3.30. The van der Waals surface area contributed by atoms with Crippen LogP contribution >= 0.6 is 23.2 Å². The molecule has 0 saturated heterocycles. The monoisotopic (exact) mass is 311 g/mol. The molecule has 104 valence electrons. The van der Waals surface area contributed by atoms with E-state index in [1.165, 1.54) is 12.1 Å². The Hall–Kier alpha value is -1.58. The van der Waals surface area contributed by atoms with E-state index < -0.39 is 11.7 Å². The lowest BCUT2D eigenvalue weighted by Gasteiger charge is -2.13. The third-order valence-electron chi connectivity index (χ3n) is 2.81. The molecule has 20 heavy (non-hydrogen) atoms. The van der Waals surface area contributed by atoms with Crippen LogP contribution in [0.4, 0.5) is 10.1 Å². The average molecular weight is 312 g/mol. The number of nitrogens with one attached hydrogen (secondary N) is 1. The molecule has 0 aliphatic rings.